The van der Waals surface area contributed by atoms with Crippen LogP contribution in [0.25, 0.3) is 11.3 Å². The highest BCUT2D eigenvalue weighted by molar-refractivity contribution is 6.56. The van der Waals surface area contributed by atoms with Crippen molar-refractivity contribution >= 4 is 23.0 Å². The fourth-order valence-corrected chi connectivity index (χ4v) is 2.86. The number of benzene rings is 1. The van der Waals surface area contributed by atoms with Crippen molar-refractivity contribution < 1.29 is 9.90 Å². The Bertz CT molecular complexity index is 912. The van der Waals surface area contributed by atoms with Crippen molar-refractivity contribution in [2.24, 2.45) is 5.73 Å². The Hall–Kier alpha value is -3.25. The minimum absolute atomic E-state index is 0.0916. The molecule has 0 amide bonds. The molecule has 0 atom stereocenters. The van der Waals surface area contributed by atoms with Crippen molar-refractivity contribution in [2.75, 3.05) is 7.05 Å². The molecule has 0 aliphatic heterocycles. The number of nitrogens with one attached hydrogen (secondary N) is 2. The van der Waals surface area contributed by atoms with E-state index in [1.165, 1.54) is 19.2 Å². The van der Waals surface area contributed by atoms with Gasteiger partial charge in [0.2, 0.25) is 0 Å². The van der Waals surface area contributed by atoms with Gasteiger partial charge in [-0.2, -0.15) is 0 Å². The molecule has 26 heavy (non-hydrogen) atoms. The number of carbonyl (C=O) groups is 1. The lowest BCUT2D eigenvalue weighted by molar-refractivity contribution is -0.132. The van der Waals surface area contributed by atoms with Gasteiger partial charge in [0.15, 0.2) is 0 Å². The Morgan fingerprint density at radius 3 is 2.00 bits per heavy atom. The number of carboxylic acid groups (broad SMARTS) is 1. The minimum atomic E-state index is -1.19. The quantitative estimate of drug-likeness (QED) is 0.637. The first-order chi connectivity index (χ1) is 12.4. The van der Waals surface area contributed by atoms with Crippen LogP contribution in [0.4, 0.5) is 0 Å². The van der Waals surface area contributed by atoms with Crippen LogP contribution in [0.5, 0.6) is 0 Å². The molecule has 5 N–H and O–H groups in total. The Kier molecular flexibility index (Phi) is 5.69. The number of carboxylic acids is 1. The van der Waals surface area contributed by atoms with E-state index in [1.807, 2.05) is 38.1 Å². The fourth-order valence-electron chi connectivity index (χ4n) is 2.86. The summed E-state index contributed by atoms with van der Waals surface area (Å²) in [6.45, 7) is 4.08. The number of nitrogens with zero attached hydrogens (tertiary/aromatic N) is 1. The van der Waals surface area contributed by atoms with Crippen LogP contribution in [0.3, 0.4) is 0 Å². The second kappa shape index (κ2) is 7.76. The molecule has 0 fully saturated rings. The summed E-state index contributed by atoms with van der Waals surface area (Å²) in [7, 11) is 1.50. The third-order valence-electron chi connectivity index (χ3n) is 4.10. The van der Waals surface area contributed by atoms with E-state index in [9.17, 15) is 9.90 Å². The molecule has 0 unspecified atom stereocenters. The summed E-state index contributed by atoms with van der Waals surface area (Å²) in [5.74, 6) is -1.19. The molecule has 0 saturated heterocycles. The van der Waals surface area contributed by atoms with Crippen LogP contribution in [0.15, 0.2) is 54.1 Å². The van der Waals surface area contributed by atoms with Crippen LogP contribution in [0.1, 0.15) is 17.0 Å². The van der Waals surface area contributed by atoms with Gasteiger partial charge < -0.3 is 15.4 Å². The van der Waals surface area contributed by atoms with Crippen LogP contribution in [-0.2, 0) is 4.79 Å². The zero-order valence-electron chi connectivity index (χ0n) is 15.0. The summed E-state index contributed by atoms with van der Waals surface area (Å²) < 4.78 is 2.13. The second-order valence-electron chi connectivity index (χ2n) is 5.75. The van der Waals surface area contributed by atoms with E-state index >= 15 is 0 Å². The van der Waals surface area contributed by atoms with E-state index in [2.05, 4.69) is 22.4 Å². The summed E-state index contributed by atoms with van der Waals surface area (Å²) in [6, 6.07) is 11.8. The van der Waals surface area contributed by atoms with Crippen molar-refractivity contribution in [1.82, 2.24) is 4.57 Å². The van der Waals surface area contributed by atoms with Gasteiger partial charge in [0.1, 0.15) is 0 Å². The predicted molar refractivity (Wildman–Crippen MR) is 105 cm³/mol. The number of aryl methyl sites for hydroxylation is 2. The highest BCUT2D eigenvalue weighted by Crippen LogP contribution is 2.25. The van der Waals surface area contributed by atoms with Gasteiger partial charge in [0.05, 0.1) is 17.0 Å². The van der Waals surface area contributed by atoms with Gasteiger partial charge in [0.25, 0.3) is 0 Å². The van der Waals surface area contributed by atoms with Crippen LogP contribution < -0.4 is 5.73 Å². The van der Waals surface area contributed by atoms with Crippen molar-refractivity contribution in [3.8, 4) is 5.69 Å². The summed E-state index contributed by atoms with van der Waals surface area (Å²) in [5.41, 5.74) is 8.74. The Morgan fingerprint density at radius 1 is 0.962 bits per heavy atom. The van der Waals surface area contributed by atoms with Gasteiger partial charge in [-0.25, -0.2) is 4.79 Å². The first-order valence-corrected chi connectivity index (χ1v) is 8.06. The molecule has 1 aromatic carbocycles. The Balaban J connectivity index is 0.00000117. The van der Waals surface area contributed by atoms with Crippen molar-refractivity contribution in [2.45, 2.75) is 13.8 Å². The predicted octanol–water partition coefficient (Wildman–Crippen LogP) is 3.12. The van der Waals surface area contributed by atoms with Crippen LogP contribution in [0.2, 0.25) is 0 Å². The smallest absolute Gasteiger partial charge is 0.337 e. The summed E-state index contributed by atoms with van der Waals surface area (Å²) in [4.78, 5) is 11.2. The number of nitrogens with two attached hydrogens (primary N) is 1. The van der Waals surface area contributed by atoms with Crippen molar-refractivity contribution in [3.05, 3.63) is 71.1 Å². The molecule has 0 spiro atoms. The number of hydrogen-bond donors (Lipinski definition) is 4. The monoisotopic (exact) mass is 350 g/mol. The molecule has 134 valence electrons. The highest BCUT2D eigenvalue weighted by Gasteiger charge is 2.22. The molecule has 1 aromatic heterocycles. The number of aromatic nitrogens is 1. The average molecular weight is 350 g/mol. The van der Waals surface area contributed by atoms with E-state index in [-0.39, 0.29) is 17.0 Å². The topological polar surface area (TPSA) is 116 Å². The molecule has 6 heteroatoms. The van der Waals surface area contributed by atoms with Gasteiger partial charge in [0, 0.05) is 17.1 Å². The normalized spacial score (nSPS) is 13.5. The lowest BCUT2D eigenvalue weighted by Gasteiger charge is -2.14. The van der Waals surface area contributed by atoms with Crippen LogP contribution in [0, 0.1) is 24.7 Å². The van der Waals surface area contributed by atoms with Gasteiger partial charge in [-0.05, 0) is 68.4 Å². The van der Waals surface area contributed by atoms with E-state index in [0.717, 1.165) is 22.6 Å². The average Bonchev–Trinajstić information content (AvgIpc) is 2.97. The van der Waals surface area contributed by atoms with Crippen LogP contribution in [-0.4, -0.2) is 34.1 Å². The lowest BCUT2D eigenvalue weighted by Crippen LogP contribution is -2.22. The molecule has 0 radical (unpaired) electrons. The molecule has 1 aliphatic rings. The lowest BCUT2D eigenvalue weighted by atomic mass is 9.92. The van der Waals surface area contributed by atoms with Gasteiger partial charge >= 0.3 is 5.97 Å². The van der Waals surface area contributed by atoms with Crippen LogP contribution >= 0.6 is 0 Å². The van der Waals surface area contributed by atoms with Crippen molar-refractivity contribution in [3.63, 3.8) is 0 Å². The molecule has 0 saturated carbocycles. The zero-order chi connectivity index (χ0) is 19.4. The van der Waals surface area contributed by atoms with Gasteiger partial charge in [-0.1, -0.05) is 12.1 Å². The molecule has 0 bridgehead atoms. The molecule has 1 heterocycles. The third kappa shape index (κ3) is 3.55. The first kappa shape index (κ1) is 19.1. The summed E-state index contributed by atoms with van der Waals surface area (Å²) in [5, 5.41) is 24.7. The Morgan fingerprint density at radius 2 is 1.50 bits per heavy atom. The summed E-state index contributed by atoms with van der Waals surface area (Å²) >= 11 is 0. The first-order valence-electron chi connectivity index (χ1n) is 8.06. The molecule has 1 aliphatic carbocycles. The third-order valence-corrected chi connectivity index (χ3v) is 4.10. The van der Waals surface area contributed by atoms with E-state index in [4.69, 9.17) is 10.8 Å². The molecular formula is C20H22N4O2. The molecule has 6 nitrogen and oxygen atoms in total. The van der Waals surface area contributed by atoms with Gasteiger partial charge in [-0.3, -0.25) is 10.8 Å². The molecule has 2 aromatic rings. The van der Waals surface area contributed by atoms with Crippen molar-refractivity contribution in [1.29, 1.82) is 10.8 Å². The molecular weight excluding hydrogens is 328 g/mol. The van der Waals surface area contributed by atoms with E-state index < -0.39 is 5.97 Å². The fraction of sp³-hybridized carbons (Fsp3) is 0.150. The van der Waals surface area contributed by atoms with E-state index in [1.54, 1.807) is 0 Å². The van der Waals surface area contributed by atoms with E-state index in [0.29, 0.717) is 5.57 Å². The highest BCUT2D eigenvalue weighted by atomic mass is 16.4. The maximum Gasteiger partial charge on any atom is 0.337 e. The number of rotatable bonds is 3. The standard InChI is InChI=1S/C19H17N3O2.CH5N/c1-11-3-4-12(2)22(11)15-7-5-13(6-8-15)14-9-16(19(23)24)18(21)17(20)10-14;1-2/h3-10,20-21H,1-2H3,(H,23,24);2H2,1H3. The number of allylic oxidation sites excluding steroid dienone is 3. The SMILES string of the molecule is CN.Cc1ccc(C)n1-c1ccc(C2=CC(=N)C(=N)C(C(=O)O)=C2)cc1. The molecule has 3 rings (SSSR count). The Labute approximate surface area is 152 Å². The summed E-state index contributed by atoms with van der Waals surface area (Å²) in [6.07, 6.45) is 2.97. The largest absolute Gasteiger partial charge is 0.478 e. The maximum atomic E-state index is 11.2. The number of aliphatic carboxylic acids is 1. The zero-order valence-corrected chi connectivity index (χ0v) is 15.0. The minimum Gasteiger partial charge on any atom is -0.478 e. The number of hydrogen-bond acceptors (Lipinski definition) is 4. The van der Waals surface area contributed by atoms with Gasteiger partial charge in [-0.15, -0.1) is 0 Å². The second-order valence-corrected chi connectivity index (χ2v) is 5.75. The maximum absolute atomic E-state index is 11.2.